The number of aryl methyl sites for hydroxylation is 1. The Morgan fingerprint density at radius 3 is 3.00 bits per heavy atom. The van der Waals surface area contributed by atoms with Crippen LogP contribution in [0.5, 0.6) is 0 Å². The summed E-state index contributed by atoms with van der Waals surface area (Å²) in [5, 5.41) is 6.94. The second-order valence-corrected chi connectivity index (χ2v) is 2.71. The summed E-state index contributed by atoms with van der Waals surface area (Å²) in [5.41, 5.74) is 2.05. The largest absolute Gasteiger partial charge is 0.304 e. The smallest absolute Gasteiger partial charge is 0.0760 e. The normalized spacial score (nSPS) is 13.4. The Labute approximate surface area is 65.7 Å². The van der Waals surface area contributed by atoms with Gasteiger partial charge in [-0.3, -0.25) is 5.10 Å². The van der Waals surface area contributed by atoms with Crippen molar-refractivity contribution in [2.45, 2.75) is 19.8 Å². The lowest BCUT2D eigenvalue weighted by atomic mass is 10.1. The van der Waals surface area contributed by atoms with Gasteiger partial charge in [-0.2, -0.15) is 5.10 Å². The first-order valence-electron chi connectivity index (χ1n) is 3.57. The summed E-state index contributed by atoms with van der Waals surface area (Å²) >= 11 is 0. The standard InChI is InChI=1S/C7H13N3O/c1-5(4-11-8)7-3-6(2)9-10-7/h3,5H,4,8H2,1-2H3,(H,9,10). The van der Waals surface area contributed by atoms with Crippen LogP contribution in [-0.4, -0.2) is 16.8 Å². The van der Waals surface area contributed by atoms with E-state index in [0.29, 0.717) is 6.61 Å². The van der Waals surface area contributed by atoms with Crippen LogP contribution in [0.1, 0.15) is 24.2 Å². The summed E-state index contributed by atoms with van der Waals surface area (Å²) in [6.07, 6.45) is 0. The lowest BCUT2D eigenvalue weighted by Crippen LogP contribution is -2.08. The Hall–Kier alpha value is -0.870. The minimum Gasteiger partial charge on any atom is -0.304 e. The van der Waals surface area contributed by atoms with Crippen LogP contribution in [0.15, 0.2) is 6.07 Å². The van der Waals surface area contributed by atoms with E-state index in [1.165, 1.54) is 0 Å². The summed E-state index contributed by atoms with van der Waals surface area (Å²) in [4.78, 5) is 4.51. The Morgan fingerprint density at radius 2 is 2.55 bits per heavy atom. The zero-order valence-electron chi connectivity index (χ0n) is 6.79. The van der Waals surface area contributed by atoms with Gasteiger partial charge in [0.1, 0.15) is 0 Å². The van der Waals surface area contributed by atoms with Crippen LogP contribution in [0.2, 0.25) is 0 Å². The number of rotatable bonds is 3. The van der Waals surface area contributed by atoms with E-state index >= 15 is 0 Å². The molecule has 1 unspecified atom stereocenters. The highest BCUT2D eigenvalue weighted by molar-refractivity contribution is 5.10. The van der Waals surface area contributed by atoms with Crippen molar-refractivity contribution in [3.05, 3.63) is 17.5 Å². The van der Waals surface area contributed by atoms with E-state index in [1.807, 2.05) is 19.9 Å². The molecule has 11 heavy (non-hydrogen) atoms. The molecular weight excluding hydrogens is 142 g/mol. The van der Waals surface area contributed by atoms with E-state index in [9.17, 15) is 0 Å². The van der Waals surface area contributed by atoms with Gasteiger partial charge in [0.25, 0.3) is 0 Å². The van der Waals surface area contributed by atoms with Gasteiger partial charge in [0.15, 0.2) is 0 Å². The number of aromatic nitrogens is 2. The van der Waals surface area contributed by atoms with Gasteiger partial charge in [-0.15, -0.1) is 0 Å². The van der Waals surface area contributed by atoms with E-state index in [2.05, 4.69) is 15.0 Å². The highest BCUT2D eigenvalue weighted by Gasteiger charge is 2.07. The van der Waals surface area contributed by atoms with Crippen LogP contribution in [0.3, 0.4) is 0 Å². The molecule has 62 valence electrons. The first-order chi connectivity index (χ1) is 5.24. The molecule has 4 heteroatoms. The number of nitrogens with one attached hydrogen (secondary N) is 1. The molecule has 0 aliphatic carbocycles. The minimum atomic E-state index is 0.255. The Bertz CT molecular complexity index is 221. The van der Waals surface area contributed by atoms with Crippen molar-refractivity contribution in [2.24, 2.45) is 5.90 Å². The molecule has 4 nitrogen and oxygen atoms in total. The lowest BCUT2D eigenvalue weighted by molar-refractivity contribution is 0.126. The maximum Gasteiger partial charge on any atom is 0.0760 e. The number of hydrogen-bond donors (Lipinski definition) is 2. The molecule has 1 heterocycles. The highest BCUT2D eigenvalue weighted by atomic mass is 16.6. The van der Waals surface area contributed by atoms with Crippen LogP contribution in [0.4, 0.5) is 0 Å². The maximum atomic E-state index is 4.94. The number of nitrogens with two attached hydrogens (primary N) is 1. The third-order valence-corrected chi connectivity index (χ3v) is 1.58. The molecule has 1 rings (SSSR count). The molecule has 0 aromatic carbocycles. The zero-order chi connectivity index (χ0) is 8.27. The molecule has 0 saturated heterocycles. The van der Waals surface area contributed by atoms with Gasteiger partial charge in [-0.1, -0.05) is 6.92 Å². The third kappa shape index (κ3) is 2.03. The lowest BCUT2D eigenvalue weighted by Gasteiger charge is -2.03. The van der Waals surface area contributed by atoms with Gasteiger partial charge in [-0.25, -0.2) is 5.90 Å². The molecule has 0 aliphatic rings. The van der Waals surface area contributed by atoms with Crippen molar-refractivity contribution in [3.8, 4) is 0 Å². The van der Waals surface area contributed by atoms with Crippen molar-refractivity contribution in [3.63, 3.8) is 0 Å². The number of nitrogens with zero attached hydrogens (tertiary/aromatic N) is 1. The van der Waals surface area contributed by atoms with E-state index in [4.69, 9.17) is 5.90 Å². The number of H-pyrrole nitrogens is 1. The quantitative estimate of drug-likeness (QED) is 0.632. The summed E-state index contributed by atoms with van der Waals surface area (Å²) in [5.74, 6) is 5.19. The average Bonchev–Trinajstić information content (AvgIpc) is 2.36. The van der Waals surface area contributed by atoms with Crippen molar-refractivity contribution >= 4 is 0 Å². The maximum absolute atomic E-state index is 4.94. The molecule has 0 fully saturated rings. The van der Waals surface area contributed by atoms with Crippen molar-refractivity contribution in [1.29, 1.82) is 0 Å². The molecule has 0 amide bonds. The Kier molecular flexibility index (Phi) is 2.62. The molecule has 0 spiro atoms. The summed E-state index contributed by atoms with van der Waals surface area (Å²) < 4.78 is 0. The Balaban J connectivity index is 2.60. The Morgan fingerprint density at radius 1 is 1.82 bits per heavy atom. The zero-order valence-corrected chi connectivity index (χ0v) is 6.79. The van der Waals surface area contributed by atoms with Gasteiger partial charge in [0.05, 0.1) is 12.3 Å². The van der Waals surface area contributed by atoms with Gasteiger partial charge >= 0.3 is 0 Å². The topological polar surface area (TPSA) is 63.9 Å². The van der Waals surface area contributed by atoms with Crippen LogP contribution < -0.4 is 5.90 Å². The molecular formula is C7H13N3O. The van der Waals surface area contributed by atoms with Crippen molar-refractivity contribution < 1.29 is 4.84 Å². The second kappa shape index (κ2) is 3.50. The molecule has 0 aliphatic heterocycles. The predicted octanol–water partition coefficient (Wildman–Crippen LogP) is 0.712. The van der Waals surface area contributed by atoms with Crippen molar-refractivity contribution in [1.82, 2.24) is 10.2 Å². The molecule has 1 aromatic rings. The highest BCUT2D eigenvalue weighted by Crippen LogP contribution is 2.12. The third-order valence-electron chi connectivity index (χ3n) is 1.58. The first kappa shape index (κ1) is 8.23. The van der Waals surface area contributed by atoms with E-state index in [0.717, 1.165) is 11.4 Å². The van der Waals surface area contributed by atoms with Crippen LogP contribution in [-0.2, 0) is 4.84 Å². The average molecular weight is 155 g/mol. The fourth-order valence-corrected chi connectivity index (χ4v) is 0.921. The van der Waals surface area contributed by atoms with E-state index in [1.54, 1.807) is 0 Å². The summed E-state index contributed by atoms with van der Waals surface area (Å²) in [6, 6.07) is 1.99. The van der Waals surface area contributed by atoms with E-state index < -0.39 is 0 Å². The molecule has 0 bridgehead atoms. The van der Waals surface area contributed by atoms with Crippen molar-refractivity contribution in [2.75, 3.05) is 6.61 Å². The monoisotopic (exact) mass is 155 g/mol. The molecule has 3 N–H and O–H groups in total. The first-order valence-corrected chi connectivity index (χ1v) is 3.57. The van der Waals surface area contributed by atoms with E-state index in [-0.39, 0.29) is 5.92 Å². The van der Waals surface area contributed by atoms with Gasteiger partial charge in [-0.05, 0) is 13.0 Å². The fourth-order valence-electron chi connectivity index (χ4n) is 0.921. The number of aromatic amines is 1. The van der Waals surface area contributed by atoms with Gasteiger partial charge in [0, 0.05) is 11.6 Å². The summed E-state index contributed by atoms with van der Waals surface area (Å²) in [7, 11) is 0. The molecule has 0 saturated carbocycles. The molecule has 1 aromatic heterocycles. The SMILES string of the molecule is Cc1cc(C(C)CON)n[nH]1. The van der Waals surface area contributed by atoms with Gasteiger partial charge in [0.2, 0.25) is 0 Å². The van der Waals surface area contributed by atoms with Gasteiger partial charge < -0.3 is 4.84 Å². The van der Waals surface area contributed by atoms with Crippen LogP contribution in [0, 0.1) is 6.92 Å². The number of hydrogen-bond acceptors (Lipinski definition) is 3. The predicted molar refractivity (Wildman–Crippen MR) is 41.9 cm³/mol. The second-order valence-electron chi connectivity index (χ2n) is 2.71. The fraction of sp³-hybridized carbons (Fsp3) is 0.571. The minimum absolute atomic E-state index is 0.255. The summed E-state index contributed by atoms with van der Waals surface area (Å²) in [6.45, 7) is 4.49. The molecule has 1 atom stereocenters. The molecule has 0 radical (unpaired) electrons. The van der Waals surface area contributed by atoms with Crippen LogP contribution in [0.25, 0.3) is 0 Å². The van der Waals surface area contributed by atoms with Crippen LogP contribution >= 0.6 is 0 Å².